The highest BCUT2D eigenvalue weighted by Gasteiger charge is 2.23. The first-order valence-electron chi connectivity index (χ1n) is 8.10. The average Bonchev–Trinajstić information content (AvgIpc) is 3.21. The number of likely N-dealkylation sites (tertiary alicyclic amines) is 1. The van der Waals surface area contributed by atoms with Crippen molar-refractivity contribution in [1.29, 1.82) is 0 Å². The van der Waals surface area contributed by atoms with E-state index in [0.29, 0.717) is 29.9 Å². The third-order valence-electron chi connectivity index (χ3n) is 4.33. The Morgan fingerprint density at radius 3 is 2.83 bits per heavy atom. The number of aromatic nitrogens is 2. The largest absolute Gasteiger partial charge is 0.350 e. The number of nitrogens with zero attached hydrogens (tertiary/aromatic N) is 3. The molecule has 1 aliphatic heterocycles. The summed E-state index contributed by atoms with van der Waals surface area (Å²) in [6, 6.07) is 7.70. The molecule has 2 heterocycles. The van der Waals surface area contributed by atoms with Crippen LogP contribution in [0.25, 0.3) is 11.5 Å². The summed E-state index contributed by atoms with van der Waals surface area (Å²) in [6.45, 7) is 6.82. The quantitative estimate of drug-likeness (QED) is 0.916. The summed E-state index contributed by atoms with van der Waals surface area (Å²) < 4.78 is 5.12. The second-order valence-corrected chi connectivity index (χ2v) is 5.86. The minimum atomic E-state index is -0.0405. The molecule has 1 saturated heterocycles. The van der Waals surface area contributed by atoms with Gasteiger partial charge in [0.2, 0.25) is 0 Å². The van der Waals surface area contributed by atoms with E-state index in [2.05, 4.69) is 27.3 Å². The van der Waals surface area contributed by atoms with Crippen molar-refractivity contribution in [3.05, 3.63) is 35.7 Å². The van der Waals surface area contributed by atoms with Crippen LogP contribution >= 0.6 is 0 Å². The van der Waals surface area contributed by atoms with E-state index in [1.165, 1.54) is 6.42 Å². The monoisotopic (exact) mass is 314 g/mol. The predicted octanol–water partition coefficient (Wildman–Crippen LogP) is 2.26. The van der Waals surface area contributed by atoms with Crippen LogP contribution in [0, 0.1) is 6.92 Å². The summed E-state index contributed by atoms with van der Waals surface area (Å²) >= 11 is 0. The Hall–Kier alpha value is -2.21. The van der Waals surface area contributed by atoms with E-state index in [1.54, 1.807) is 19.1 Å². The second kappa shape index (κ2) is 6.91. The predicted molar refractivity (Wildman–Crippen MR) is 87.1 cm³/mol. The summed E-state index contributed by atoms with van der Waals surface area (Å²) in [5.74, 6) is 1.03. The summed E-state index contributed by atoms with van der Waals surface area (Å²) in [4.78, 5) is 18.9. The van der Waals surface area contributed by atoms with Crippen LogP contribution < -0.4 is 5.32 Å². The fraction of sp³-hybridized carbons (Fsp3) is 0.471. The molecular weight excluding hydrogens is 292 g/mol. The minimum Gasteiger partial charge on any atom is -0.350 e. The zero-order chi connectivity index (χ0) is 16.2. The number of carbonyl (C=O) groups excluding carboxylic acids is 1. The molecule has 1 aromatic carbocycles. The summed E-state index contributed by atoms with van der Waals surface area (Å²) in [5.41, 5.74) is 1.46. The summed E-state index contributed by atoms with van der Waals surface area (Å²) in [5, 5.41) is 6.81. The van der Waals surface area contributed by atoms with Gasteiger partial charge in [-0.1, -0.05) is 12.1 Å². The lowest BCUT2D eigenvalue weighted by Crippen LogP contribution is -2.40. The smallest absolute Gasteiger partial charge is 0.257 e. The summed E-state index contributed by atoms with van der Waals surface area (Å²) in [6.07, 6.45) is 2.37. The fourth-order valence-corrected chi connectivity index (χ4v) is 3.03. The molecule has 0 spiro atoms. The highest BCUT2D eigenvalue weighted by molar-refractivity contribution is 5.94. The van der Waals surface area contributed by atoms with Crippen LogP contribution in [0.1, 0.15) is 35.9 Å². The van der Waals surface area contributed by atoms with E-state index >= 15 is 0 Å². The molecule has 1 aliphatic rings. The zero-order valence-electron chi connectivity index (χ0n) is 13.6. The van der Waals surface area contributed by atoms with E-state index in [0.717, 1.165) is 25.1 Å². The van der Waals surface area contributed by atoms with Crippen molar-refractivity contribution < 1.29 is 9.32 Å². The van der Waals surface area contributed by atoms with E-state index in [1.807, 2.05) is 12.1 Å². The number of amides is 1. The van der Waals surface area contributed by atoms with Gasteiger partial charge in [-0.2, -0.15) is 4.98 Å². The first-order valence-corrected chi connectivity index (χ1v) is 8.10. The van der Waals surface area contributed by atoms with Crippen molar-refractivity contribution in [2.24, 2.45) is 0 Å². The maximum atomic E-state index is 12.3. The number of aryl methyl sites for hydroxylation is 1. The lowest BCUT2D eigenvalue weighted by Gasteiger charge is -2.22. The van der Waals surface area contributed by atoms with Gasteiger partial charge in [-0.05, 0) is 57.1 Å². The van der Waals surface area contributed by atoms with Crippen LogP contribution in [0.2, 0.25) is 0 Å². The third kappa shape index (κ3) is 3.59. The number of likely N-dealkylation sites (N-methyl/N-ethyl adjacent to an activating group) is 1. The van der Waals surface area contributed by atoms with Crippen LogP contribution in [0.4, 0.5) is 0 Å². The van der Waals surface area contributed by atoms with Crippen molar-refractivity contribution in [2.45, 2.75) is 32.7 Å². The van der Waals surface area contributed by atoms with E-state index in [4.69, 9.17) is 4.52 Å². The summed E-state index contributed by atoms with van der Waals surface area (Å²) in [7, 11) is 0. The van der Waals surface area contributed by atoms with Crippen molar-refractivity contribution in [3.63, 3.8) is 0 Å². The van der Waals surface area contributed by atoms with Gasteiger partial charge in [-0.3, -0.25) is 9.69 Å². The number of rotatable bonds is 5. The Morgan fingerprint density at radius 1 is 1.39 bits per heavy atom. The minimum absolute atomic E-state index is 0.0405. The SMILES string of the molecule is CCN1CCC[C@@H]1CNC(=O)c1ccc(-c2nc(C)no2)cc1. The first kappa shape index (κ1) is 15.7. The van der Waals surface area contributed by atoms with Gasteiger partial charge in [0, 0.05) is 23.7 Å². The molecule has 0 unspecified atom stereocenters. The molecule has 122 valence electrons. The molecule has 0 radical (unpaired) electrons. The van der Waals surface area contributed by atoms with Gasteiger partial charge in [-0.25, -0.2) is 0 Å². The molecule has 0 saturated carbocycles. The molecule has 6 nitrogen and oxygen atoms in total. The molecule has 3 rings (SSSR count). The number of nitrogens with one attached hydrogen (secondary N) is 1. The van der Waals surface area contributed by atoms with Crippen LogP contribution in [0.3, 0.4) is 0 Å². The highest BCUT2D eigenvalue weighted by atomic mass is 16.5. The molecule has 1 amide bonds. The maximum Gasteiger partial charge on any atom is 0.257 e. The Labute approximate surface area is 135 Å². The standard InChI is InChI=1S/C17H22N4O2/c1-3-21-10-4-5-15(21)11-18-16(22)13-6-8-14(9-7-13)17-19-12(2)20-23-17/h6-9,15H,3-5,10-11H2,1-2H3,(H,18,22)/t15-/m1/s1. The molecule has 1 N–H and O–H groups in total. The highest BCUT2D eigenvalue weighted by Crippen LogP contribution is 2.18. The van der Waals surface area contributed by atoms with Gasteiger partial charge in [0.05, 0.1) is 0 Å². The van der Waals surface area contributed by atoms with Gasteiger partial charge in [0.1, 0.15) is 0 Å². The number of hydrogen-bond donors (Lipinski definition) is 1. The normalized spacial score (nSPS) is 18.3. The molecule has 1 atom stereocenters. The van der Waals surface area contributed by atoms with Gasteiger partial charge < -0.3 is 9.84 Å². The van der Waals surface area contributed by atoms with Crippen molar-refractivity contribution in [3.8, 4) is 11.5 Å². The lowest BCUT2D eigenvalue weighted by molar-refractivity contribution is 0.0941. The van der Waals surface area contributed by atoms with Gasteiger partial charge in [-0.15, -0.1) is 0 Å². The van der Waals surface area contributed by atoms with Crippen LogP contribution in [-0.4, -0.2) is 46.6 Å². The molecule has 6 heteroatoms. The molecule has 23 heavy (non-hydrogen) atoms. The molecule has 1 fully saturated rings. The van der Waals surface area contributed by atoms with Crippen molar-refractivity contribution >= 4 is 5.91 Å². The average molecular weight is 314 g/mol. The van der Waals surface area contributed by atoms with Crippen LogP contribution in [0.5, 0.6) is 0 Å². The number of hydrogen-bond acceptors (Lipinski definition) is 5. The van der Waals surface area contributed by atoms with E-state index < -0.39 is 0 Å². The lowest BCUT2D eigenvalue weighted by atomic mass is 10.1. The zero-order valence-corrected chi connectivity index (χ0v) is 13.6. The van der Waals surface area contributed by atoms with Crippen LogP contribution in [0.15, 0.2) is 28.8 Å². The number of carbonyl (C=O) groups is 1. The third-order valence-corrected chi connectivity index (χ3v) is 4.33. The Bertz CT molecular complexity index is 665. The molecule has 1 aromatic heterocycles. The Balaban J connectivity index is 1.59. The van der Waals surface area contributed by atoms with Crippen molar-refractivity contribution in [2.75, 3.05) is 19.6 Å². The topological polar surface area (TPSA) is 71.3 Å². The molecular formula is C17H22N4O2. The molecule has 0 aliphatic carbocycles. The Morgan fingerprint density at radius 2 is 2.17 bits per heavy atom. The van der Waals surface area contributed by atoms with Crippen molar-refractivity contribution in [1.82, 2.24) is 20.4 Å². The second-order valence-electron chi connectivity index (χ2n) is 5.86. The first-order chi connectivity index (χ1) is 11.2. The van der Waals surface area contributed by atoms with Gasteiger partial charge >= 0.3 is 0 Å². The van der Waals surface area contributed by atoms with Gasteiger partial charge in [0.25, 0.3) is 11.8 Å². The maximum absolute atomic E-state index is 12.3. The Kier molecular flexibility index (Phi) is 4.71. The number of benzene rings is 1. The molecule has 2 aromatic rings. The van der Waals surface area contributed by atoms with E-state index in [-0.39, 0.29) is 5.91 Å². The van der Waals surface area contributed by atoms with Gasteiger partial charge in [0.15, 0.2) is 5.82 Å². The van der Waals surface area contributed by atoms with Crippen LogP contribution in [-0.2, 0) is 0 Å². The fourth-order valence-electron chi connectivity index (χ4n) is 3.03. The van der Waals surface area contributed by atoms with E-state index in [9.17, 15) is 4.79 Å². The molecule has 0 bridgehead atoms.